The predicted molar refractivity (Wildman–Crippen MR) is 109 cm³/mol. The second-order valence-electron chi connectivity index (χ2n) is 7.45. The van der Waals surface area contributed by atoms with Crippen LogP contribution in [0, 0.1) is 5.92 Å². The van der Waals surface area contributed by atoms with Gasteiger partial charge < -0.3 is 10.5 Å². The van der Waals surface area contributed by atoms with E-state index in [-0.39, 0.29) is 12.1 Å². The van der Waals surface area contributed by atoms with Crippen molar-refractivity contribution in [2.24, 2.45) is 11.7 Å². The molecular weight excluding hydrogens is 310 g/mol. The Morgan fingerprint density at radius 1 is 0.960 bits per heavy atom. The number of carbonyl (C=O) groups excluding carboxylic acids is 1. The van der Waals surface area contributed by atoms with E-state index in [9.17, 15) is 4.79 Å². The molecule has 0 bridgehead atoms. The highest BCUT2D eigenvalue weighted by Crippen LogP contribution is 2.21. The summed E-state index contributed by atoms with van der Waals surface area (Å²) in [5.41, 5.74) is 5.74. The number of unbranched alkanes of at least 4 members (excludes halogenated alkanes) is 10. The number of esters is 1. The van der Waals surface area contributed by atoms with E-state index in [1.807, 2.05) is 6.92 Å². The highest BCUT2D eigenvalue weighted by atomic mass is 16.5. The van der Waals surface area contributed by atoms with Gasteiger partial charge in [-0.1, -0.05) is 90.6 Å². The smallest absolute Gasteiger partial charge is 0.330 e. The van der Waals surface area contributed by atoms with Gasteiger partial charge in [0.25, 0.3) is 0 Å². The van der Waals surface area contributed by atoms with Crippen molar-refractivity contribution in [1.29, 1.82) is 0 Å². The maximum absolute atomic E-state index is 11.3. The van der Waals surface area contributed by atoms with Gasteiger partial charge in [-0.2, -0.15) is 0 Å². The van der Waals surface area contributed by atoms with Gasteiger partial charge in [-0.15, -0.1) is 0 Å². The van der Waals surface area contributed by atoms with Gasteiger partial charge in [0.2, 0.25) is 0 Å². The second kappa shape index (κ2) is 18.0. The monoisotopic (exact) mass is 353 g/mol. The maximum atomic E-state index is 11.3. The molecule has 0 aromatic carbocycles. The fraction of sp³-hybridized carbons (Fsp3) is 0.864. The zero-order valence-corrected chi connectivity index (χ0v) is 16.9. The lowest BCUT2D eigenvalue weighted by Gasteiger charge is -2.20. The van der Waals surface area contributed by atoms with Gasteiger partial charge in [0, 0.05) is 6.08 Å². The van der Waals surface area contributed by atoms with Crippen LogP contribution in [0.25, 0.3) is 0 Å². The van der Waals surface area contributed by atoms with Crippen LogP contribution in [-0.2, 0) is 9.53 Å². The molecule has 0 spiro atoms. The van der Waals surface area contributed by atoms with Crippen LogP contribution in [-0.4, -0.2) is 18.6 Å². The maximum Gasteiger partial charge on any atom is 0.330 e. The highest BCUT2D eigenvalue weighted by Gasteiger charge is 2.15. The van der Waals surface area contributed by atoms with Gasteiger partial charge >= 0.3 is 5.97 Å². The number of nitrogens with two attached hydrogens (primary N) is 1. The zero-order valence-electron chi connectivity index (χ0n) is 16.9. The Hall–Kier alpha value is -0.830. The molecule has 0 heterocycles. The topological polar surface area (TPSA) is 52.3 Å². The van der Waals surface area contributed by atoms with Crippen LogP contribution in [0.5, 0.6) is 0 Å². The zero-order chi connectivity index (χ0) is 18.8. The first-order valence-electron chi connectivity index (χ1n) is 10.7. The van der Waals surface area contributed by atoms with E-state index in [4.69, 9.17) is 10.5 Å². The Labute approximate surface area is 156 Å². The van der Waals surface area contributed by atoms with Crippen LogP contribution >= 0.6 is 0 Å². The molecule has 3 heteroatoms. The van der Waals surface area contributed by atoms with Crippen LogP contribution in [0.2, 0.25) is 0 Å². The molecule has 148 valence electrons. The molecule has 0 aromatic rings. The average Bonchev–Trinajstić information content (AvgIpc) is 2.59. The lowest BCUT2D eigenvalue weighted by Crippen LogP contribution is -2.19. The van der Waals surface area contributed by atoms with E-state index in [0.29, 0.717) is 12.5 Å². The van der Waals surface area contributed by atoms with Crippen molar-refractivity contribution in [3.8, 4) is 0 Å². The predicted octanol–water partition coefficient (Wildman–Crippen LogP) is 6.16. The fourth-order valence-corrected chi connectivity index (χ4v) is 3.48. The molecule has 0 rings (SSSR count). The van der Waals surface area contributed by atoms with Gasteiger partial charge in [-0.25, -0.2) is 4.79 Å². The lowest BCUT2D eigenvalue weighted by molar-refractivity contribution is -0.142. The summed E-state index contributed by atoms with van der Waals surface area (Å²) in [6.07, 6.45) is 19.4. The minimum atomic E-state index is -0.325. The summed E-state index contributed by atoms with van der Waals surface area (Å²) in [5.74, 6) is 0.241. The van der Waals surface area contributed by atoms with E-state index in [1.54, 1.807) is 0 Å². The largest absolute Gasteiger partial charge is 0.460 e. The second-order valence-corrected chi connectivity index (χ2v) is 7.45. The van der Waals surface area contributed by atoms with Gasteiger partial charge in [0.05, 0.1) is 6.10 Å². The molecule has 2 N–H and O–H groups in total. The number of rotatable bonds is 18. The minimum absolute atomic E-state index is 0.0465. The third-order valence-corrected chi connectivity index (χ3v) is 4.94. The summed E-state index contributed by atoms with van der Waals surface area (Å²) in [5, 5.41) is 0. The van der Waals surface area contributed by atoms with E-state index >= 15 is 0 Å². The van der Waals surface area contributed by atoms with Crippen LogP contribution in [0.15, 0.2) is 12.7 Å². The van der Waals surface area contributed by atoms with Crippen molar-refractivity contribution in [1.82, 2.24) is 0 Å². The molecule has 3 nitrogen and oxygen atoms in total. The molecular formula is C22H43NO2. The summed E-state index contributed by atoms with van der Waals surface area (Å²) in [6, 6.07) is 0. The number of ether oxygens (including phenoxy) is 1. The molecule has 2 atom stereocenters. The van der Waals surface area contributed by atoms with Crippen LogP contribution < -0.4 is 5.73 Å². The van der Waals surface area contributed by atoms with Gasteiger partial charge in [0.15, 0.2) is 0 Å². The number of hydrogen-bond donors (Lipinski definition) is 1. The summed E-state index contributed by atoms with van der Waals surface area (Å²) < 4.78 is 5.29. The van der Waals surface area contributed by atoms with Crippen molar-refractivity contribution in [3.05, 3.63) is 12.7 Å². The SMILES string of the molecule is C=CC(=O)OC(C)CC(CCN)CCCCCCCCCCCCC. The van der Waals surface area contributed by atoms with E-state index < -0.39 is 0 Å². The minimum Gasteiger partial charge on any atom is -0.460 e. The third-order valence-electron chi connectivity index (χ3n) is 4.94. The Kier molecular flexibility index (Phi) is 17.4. The Balaban J connectivity index is 3.62. The van der Waals surface area contributed by atoms with Gasteiger partial charge in [0.1, 0.15) is 0 Å². The van der Waals surface area contributed by atoms with Crippen molar-refractivity contribution in [2.75, 3.05) is 6.54 Å². The molecule has 0 aromatic heterocycles. The van der Waals surface area contributed by atoms with Crippen molar-refractivity contribution < 1.29 is 9.53 Å². The van der Waals surface area contributed by atoms with Crippen LogP contribution in [0.3, 0.4) is 0 Å². The first-order valence-corrected chi connectivity index (χ1v) is 10.7. The molecule has 0 saturated heterocycles. The number of hydrogen-bond acceptors (Lipinski definition) is 3. The normalized spacial score (nSPS) is 13.4. The molecule has 2 unspecified atom stereocenters. The summed E-state index contributed by atoms with van der Waals surface area (Å²) in [7, 11) is 0. The molecule has 25 heavy (non-hydrogen) atoms. The standard InChI is InChI=1S/C22H43NO2/c1-4-6-7-8-9-10-11-12-13-14-15-16-21(17-18-23)19-20(3)25-22(24)5-2/h5,20-21H,2,4,6-19,23H2,1,3H3. The highest BCUT2D eigenvalue weighted by molar-refractivity contribution is 5.81. The van der Waals surface area contributed by atoms with Crippen LogP contribution in [0.4, 0.5) is 0 Å². The molecule has 0 amide bonds. The first kappa shape index (κ1) is 24.2. The first-order chi connectivity index (χ1) is 12.1. The summed E-state index contributed by atoms with van der Waals surface area (Å²) >= 11 is 0. The van der Waals surface area contributed by atoms with Gasteiger partial charge in [-0.3, -0.25) is 0 Å². The van der Waals surface area contributed by atoms with Crippen molar-refractivity contribution >= 4 is 5.97 Å². The third kappa shape index (κ3) is 16.4. The van der Waals surface area contributed by atoms with Gasteiger partial charge in [-0.05, 0) is 32.2 Å². The molecule has 0 aliphatic carbocycles. The van der Waals surface area contributed by atoms with Crippen molar-refractivity contribution in [3.63, 3.8) is 0 Å². The Morgan fingerprint density at radius 2 is 1.48 bits per heavy atom. The molecule has 0 fully saturated rings. The average molecular weight is 354 g/mol. The number of carbonyl (C=O) groups is 1. The Morgan fingerprint density at radius 3 is 1.96 bits per heavy atom. The molecule has 0 radical (unpaired) electrons. The van der Waals surface area contributed by atoms with Crippen LogP contribution in [0.1, 0.15) is 104 Å². The van der Waals surface area contributed by atoms with E-state index in [1.165, 1.54) is 83.1 Å². The summed E-state index contributed by atoms with van der Waals surface area (Å²) in [6.45, 7) is 8.39. The lowest BCUT2D eigenvalue weighted by atomic mass is 9.92. The molecule has 0 aliphatic rings. The molecule has 0 saturated carbocycles. The van der Waals surface area contributed by atoms with E-state index in [0.717, 1.165) is 12.8 Å². The fourth-order valence-electron chi connectivity index (χ4n) is 3.48. The van der Waals surface area contributed by atoms with Crippen molar-refractivity contribution in [2.45, 2.75) is 110 Å². The quantitative estimate of drug-likeness (QED) is 0.182. The Bertz CT molecular complexity index is 317. The summed E-state index contributed by atoms with van der Waals surface area (Å²) in [4.78, 5) is 11.3. The molecule has 0 aliphatic heterocycles. The van der Waals surface area contributed by atoms with E-state index in [2.05, 4.69) is 13.5 Å².